The Morgan fingerprint density at radius 2 is 1.96 bits per heavy atom. The molecule has 0 bridgehead atoms. The molecular weight excluding hydrogens is 346 g/mol. The van der Waals surface area contributed by atoms with Gasteiger partial charge in [0.2, 0.25) is 5.91 Å². The summed E-state index contributed by atoms with van der Waals surface area (Å²) in [5.41, 5.74) is 0.0366. The van der Waals surface area contributed by atoms with Crippen LogP contribution in [0.2, 0.25) is 5.02 Å². The van der Waals surface area contributed by atoms with Gasteiger partial charge in [-0.25, -0.2) is 14.3 Å². The monoisotopic (exact) mass is 361 g/mol. The van der Waals surface area contributed by atoms with E-state index >= 15 is 0 Å². The van der Waals surface area contributed by atoms with Gasteiger partial charge in [-0.2, -0.15) is 9.67 Å². The highest BCUT2D eigenvalue weighted by Crippen LogP contribution is 2.25. The van der Waals surface area contributed by atoms with Crippen molar-refractivity contribution in [3.05, 3.63) is 45.6 Å². The van der Waals surface area contributed by atoms with E-state index in [2.05, 4.69) is 4.98 Å². The van der Waals surface area contributed by atoms with Crippen molar-refractivity contribution in [2.75, 3.05) is 18.0 Å². The Morgan fingerprint density at radius 3 is 2.68 bits per heavy atom. The molecule has 0 aliphatic carbocycles. The minimum Gasteiger partial charge on any atom is -0.341 e. The van der Waals surface area contributed by atoms with Crippen LogP contribution in [0.15, 0.2) is 29.1 Å². The fourth-order valence-electron chi connectivity index (χ4n) is 3.26. The highest BCUT2D eigenvalue weighted by atomic mass is 35.5. The van der Waals surface area contributed by atoms with E-state index in [9.17, 15) is 14.4 Å². The Bertz CT molecular complexity index is 913. The first-order valence-corrected chi connectivity index (χ1v) is 8.46. The number of hydrogen-bond acceptors (Lipinski definition) is 4. The van der Waals surface area contributed by atoms with Gasteiger partial charge in [-0.05, 0) is 31.0 Å². The standard InChI is InChI=1S/C16H16ClN5O3/c17-11-4-3-5-12(8-11)20-9-13-18-15(24)21(22(13)16(20)25)10-14(23)19-6-1-2-7-19/h3-5,8H,1-2,6-7,9-10H2. The van der Waals surface area contributed by atoms with E-state index < -0.39 is 11.7 Å². The van der Waals surface area contributed by atoms with Gasteiger partial charge in [-0.1, -0.05) is 17.7 Å². The normalized spacial score (nSPS) is 16.6. The molecule has 0 atom stereocenters. The molecule has 8 nitrogen and oxygen atoms in total. The predicted molar refractivity (Wildman–Crippen MR) is 90.7 cm³/mol. The molecule has 130 valence electrons. The molecular formula is C16H16ClN5O3. The lowest BCUT2D eigenvalue weighted by Crippen LogP contribution is -2.39. The summed E-state index contributed by atoms with van der Waals surface area (Å²) >= 11 is 5.99. The van der Waals surface area contributed by atoms with Gasteiger partial charge in [-0.3, -0.25) is 9.69 Å². The van der Waals surface area contributed by atoms with Crippen LogP contribution in [0.4, 0.5) is 10.5 Å². The number of anilines is 1. The van der Waals surface area contributed by atoms with Crippen LogP contribution in [-0.2, 0) is 17.9 Å². The summed E-state index contributed by atoms with van der Waals surface area (Å²) in [7, 11) is 0. The Kier molecular flexibility index (Phi) is 3.84. The average molecular weight is 362 g/mol. The van der Waals surface area contributed by atoms with E-state index in [1.54, 1.807) is 29.2 Å². The van der Waals surface area contributed by atoms with Crippen LogP contribution in [-0.4, -0.2) is 44.3 Å². The van der Waals surface area contributed by atoms with Crippen LogP contribution < -0.4 is 10.6 Å². The molecule has 2 aliphatic heterocycles. The van der Waals surface area contributed by atoms with Crippen molar-refractivity contribution in [2.45, 2.75) is 25.9 Å². The van der Waals surface area contributed by atoms with Crippen LogP contribution in [0.3, 0.4) is 0 Å². The van der Waals surface area contributed by atoms with E-state index in [4.69, 9.17) is 11.6 Å². The van der Waals surface area contributed by atoms with Crippen LogP contribution >= 0.6 is 11.6 Å². The predicted octanol–water partition coefficient (Wildman–Crippen LogP) is 1.31. The van der Waals surface area contributed by atoms with Gasteiger partial charge in [0.15, 0.2) is 5.82 Å². The quantitative estimate of drug-likeness (QED) is 0.825. The molecule has 0 spiro atoms. The number of fused-ring (bicyclic) bond motifs is 1. The van der Waals surface area contributed by atoms with Crippen LogP contribution in [0.1, 0.15) is 18.7 Å². The molecule has 2 amide bonds. The molecule has 9 heteroatoms. The first kappa shape index (κ1) is 15.9. The number of amides is 2. The Morgan fingerprint density at radius 1 is 1.20 bits per heavy atom. The van der Waals surface area contributed by atoms with Crippen molar-refractivity contribution >= 4 is 29.2 Å². The summed E-state index contributed by atoms with van der Waals surface area (Å²) in [6, 6.07) is 6.48. The molecule has 1 aromatic carbocycles. The third kappa shape index (κ3) is 2.72. The lowest BCUT2D eigenvalue weighted by atomic mass is 10.3. The summed E-state index contributed by atoms with van der Waals surface area (Å²) in [6.07, 6.45) is 1.93. The lowest BCUT2D eigenvalue weighted by Gasteiger charge is -2.18. The van der Waals surface area contributed by atoms with E-state index in [1.165, 1.54) is 9.58 Å². The fraction of sp³-hybridized carbons (Fsp3) is 0.375. The minimum absolute atomic E-state index is 0.166. The summed E-state index contributed by atoms with van der Waals surface area (Å²) in [5.74, 6) is 0.153. The zero-order chi connectivity index (χ0) is 17.6. The number of benzene rings is 1. The first-order valence-electron chi connectivity index (χ1n) is 8.08. The van der Waals surface area contributed by atoms with Crippen molar-refractivity contribution in [1.82, 2.24) is 19.2 Å². The van der Waals surface area contributed by atoms with Crippen molar-refractivity contribution < 1.29 is 9.59 Å². The molecule has 0 unspecified atom stereocenters. The van der Waals surface area contributed by atoms with Gasteiger partial charge < -0.3 is 4.90 Å². The maximum absolute atomic E-state index is 12.8. The van der Waals surface area contributed by atoms with Crippen LogP contribution in [0.5, 0.6) is 0 Å². The molecule has 2 aromatic rings. The first-order chi connectivity index (χ1) is 12.0. The molecule has 3 heterocycles. The second kappa shape index (κ2) is 6.03. The Balaban J connectivity index is 1.63. The smallest absolute Gasteiger partial charge is 0.341 e. The van der Waals surface area contributed by atoms with Crippen molar-refractivity contribution in [3.63, 3.8) is 0 Å². The van der Waals surface area contributed by atoms with Crippen molar-refractivity contribution in [1.29, 1.82) is 0 Å². The largest absolute Gasteiger partial charge is 0.365 e. The number of rotatable bonds is 3. The maximum atomic E-state index is 12.8. The lowest BCUT2D eigenvalue weighted by molar-refractivity contribution is -0.131. The number of likely N-dealkylation sites (tertiary alicyclic amines) is 1. The number of carbonyl (C=O) groups excluding carboxylic acids is 2. The third-order valence-corrected chi connectivity index (χ3v) is 4.74. The van der Waals surface area contributed by atoms with Gasteiger partial charge in [0, 0.05) is 23.8 Å². The molecule has 2 aliphatic rings. The molecule has 1 aromatic heterocycles. The summed E-state index contributed by atoms with van der Waals surface area (Å²) in [4.78, 5) is 44.3. The molecule has 0 radical (unpaired) electrons. The number of halogens is 1. The minimum atomic E-state index is -0.582. The maximum Gasteiger partial charge on any atom is 0.365 e. The SMILES string of the molecule is O=C(Cn1c(=O)nc2n1C(=O)N(c1cccc(Cl)c1)C2)N1CCCC1. The highest BCUT2D eigenvalue weighted by Gasteiger charge is 2.34. The molecule has 1 saturated heterocycles. The number of hydrogen-bond donors (Lipinski definition) is 0. The fourth-order valence-corrected chi connectivity index (χ4v) is 3.44. The summed E-state index contributed by atoms with van der Waals surface area (Å²) in [5, 5.41) is 0.511. The number of aromatic nitrogens is 3. The van der Waals surface area contributed by atoms with Crippen LogP contribution in [0, 0.1) is 0 Å². The van der Waals surface area contributed by atoms with Crippen molar-refractivity contribution in [3.8, 4) is 0 Å². The van der Waals surface area contributed by atoms with Gasteiger partial charge in [-0.15, -0.1) is 0 Å². The second-order valence-corrected chi connectivity index (χ2v) is 6.55. The van der Waals surface area contributed by atoms with Gasteiger partial charge in [0.25, 0.3) is 0 Å². The topological polar surface area (TPSA) is 80.4 Å². The highest BCUT2D eigenvalue weighted by molar-refractivity contribution is 6.30. The number of carbonyl (C=O) groups is 2. The average Bonchev–Trinajstić information content (AvgIpc) is 3.27. The third-order valence-electron chi connectivity index (χ3n) is 4.51. The summed E-state index contributed by atoms with van der Waals surface area (Å²) < 4.78 is 2.31. The zero-order valence-electron chi connectivity index (χ0n) is 13.4. The Hall–Kier alpha value is -2.61. The van der Waals surface area contributed by atoms with Gasteiger partial charge in [0.1, 0.15) is 6.54 Å². The second-order valence-electron chi connectivity index (χ2n) is 6.12. The molecule has 0 saturated carbocycles. The molecule has 25 heavy (non-hydrogen) atoms. The van der Waals surface area contributed by atoms with Crippen LogP contribution in [0.25, 0.3) is 0 Å². The van der Waals surface area contributed by atoms with Gasteiger partial charge in [0.05, 0.1) is 6.54 Å². The van der Waals surface area contributed by atoms with E-state index in [0.29, 0.717) is 29.6 Å². The number of nitrogens with zero attached hydrogens (tertiary/aromatic N) is 5. The van der Waals surface area contributed by atoms with E-state index in [0.717, 1.165) is 17.5 Å². The van der Waals surface area contributed by atoms with Crippen molar-refractivity contribution in [2.24, 2.45) is 0 Å². The van der Waals surface area contributed by atoms with E-state index in [-0.39, 0.29) is 19.0 Å². The zero-order valence-corrected chi connectivity index (χ0v) is 14.1. The Labute approximate surface area is 148 Å². The molecule has 1 fully saturated rings. The van der Waals surface area contributed by atoms with E-state index in [1.807, 2.05) is 0 Å². The van der Waals surface area contributed by atoms with Gasteiger partial charge >= 0.3 is 11.7 Å². The summed E-state index contributed by atoms with van der Waals surface area (Å²) in [6.45, 7) is 1.37. The molecule has 4 rings (SSSR count). The molecule has 0 N–H and O–H groups in total.